The van der Waals surface area contributed by atoms with Crippen molar-refractivity contribution in [3.05, 3.63) is 0 Å². The summed E-state index contributed by atoms with van der Waals surface area (Å²) in [6.45, 7) is -0.263. The van der Waals surface area contributed by atoms with Crippen molar-refractivity contribution in [3.63, 3.8) is 0 Å². The highest BCUT2D eigenvalue weighted by Crippen LogP contribution is 2.36. The summed E-state index contributed by atoms with van der Waals surface area (Å²) < 4.78 is 5.42. The first-order valence-corrected chi connectivity index (χ1v) is 6.80. The zero-order valence-electron chi connectivity index (χ0n) is 10.2. The van der Waals surface area contributed by atoms with E-state index in [-0.39, 0.29) is 24.8 Å². The van der Waals surface area contributed by atoms with Crippen LogP contribution in [0.5, 0.6) is 0 Å². The molecule has 3 aliphatic heterocycles. The Balaban J connectivity index is 1.91. The fourth-order valence-corrected chi connectivity index (χ4v) is 3.27. The van der Waals surface area contributed by atoms with Crippen molar-refractivity contribution in [1.82, 2.24) is 4.90 Å². The molecule has 0 aromatic carbocycles. The predicted molar refractivity (Wildman–Crippen MR) is 69.0 cm³/mol. The summed E-state index contributed by atoms with van der Waals surface area (Å²) in [6.07, 6.45) is -2.30. The van der Waals surface area contributed by atoms with Gasteiger partial charge in [-0.2, -0.15) is 9.98 Å². The number of hydrogen-bond acceptors (Lipinski definition) is 8. The van der Waals surface area contributed by atoms with Crippen LogP contribution in [0.3, 0.4) is 0 Å². The molecule has 3 aliphatic rings. The summed E-state index contributed by atoms with van der Waals surface area (Å²) in [5, 5.41) is 17.7. The molecule has 2 saturated heterocycles. The number of carbonyl (C=O) groups is 2. The van der Waals surface area contributed by atoms with Crippen molar-refractivity contribution in [2.75, 3.05) is 6.61 Å². The number of amidine groups is 1. The molecule has 1 unspecified atom stereocenters. The van der Waals surface area contributed by atoms with Gasteiger partial charge in [0.2, 0.25) is 5.96 Å². The molecule has 0 aliphatic carbocycles. The van der Waals surface area contributed by atoms with Crippen LogP contribution in [-0.4, -0.2) is 68.3 Å². The van der Waals surface area contributed by atoms with Gasteiger partial charge in [0, 0.05) is 6.42 Å². The zero-order chi connectivity index (χ0) is 14.4. The Bertz CT molecular complexity index is 536. The predicted octanol–water partition coefficient (Wildman–Crippen LogP) is -1.75. The normalized spacial score (nSPS) is 37.0. The molecular formula is C10H12N4O5S. The molecule has 0 spiro atoms. The molecule has 0 aromatic heterocycles. The van der Waals surface area contributed by atoms with Crippen LogP contribution in [0.2, 0.25) is 0 Å². The van der Waals surface area contributed by atoms with Crippen molar-refractivity contribution in [3.8, 4) is 0 Å². The van der Waals surface area contributed by atoms with Crippen LogP contribution in [0.1, 0.15) is 6.42 Å². The fourth-order valence-electron chi connectivity index (χ4n) is 2.33. The highest BCUT2D eigenvalue weighted by molar-refractivity contribution is 8.16. The average Bonchev–Trinajstić information content (AvgIpc) is 2.89. The number of ether oxygens (including phenoxy) is 1. The SMILES string of the molecule is NC1=NC(=O)C2SC(=O)N([C@@H]3O[C@H](CO)C[C@H]3O)C2=N1. The van der Waals surface area contributed by atoms with E-state index in [9.17, 15) is 14.7 Å². The van der Waals surface area contributed by atoms with Gasteiger partial charge in [0.05, 0.1) is 12.7 Å². The van der Waals surface area contributed by atoms with Crippen LogP contribution in [0, 0.1) is 0 Å². The van der Waals surface area contributed by atoms with Crippen LogP contribution in [0.4, 0.5) is 4.79 Å². The Hall–Kier alpha value is -1.49. The van der Waals surface area contributed by atoms with Crippen molar-refractivity contribution < 1.29 is 24.5 Å². The molecule has 10 heteroatoms. The summed E-state index contributed by atoms with van der Waals surface area (Å²) in [7, 11) is 0. The van der Waals surface area contributed by atoms with Gasteiger partial charge >= 0.3 is 0 Å². The van der Waals surface area contributed by atoms with E-state index < -0.39 is 34.8 Å². The van der Waals surface area contributed by atoms with E-state index in [4.69, 9.17) is 15.6 Å². The Kier molecular flexibility index (Phi) is 3.24. The quantitative estimate of drug-likeness (QED) is 0.549. The molecule has 0 saturated carbocycles. The van der Waals surface area contributed by atoms with E-state index in [1.165, 1.54) is 0 Å². The Morgan fingerprint density at radius 1 is 1.45 bits per heavy atom. The maximum absolute atomic E-state index is 12.0. The molecule has 9 nitrogen and oxygen atoms in total. The lowest BCUT2D eigenvalue weighted by molar-refractivity contribution is -0.116. The summed E-state index contributed by atoms with van der Waals surface area (Å²) in [4.78, 5) is 32.3. The van der Waals surface area contributed by atoms with Crippen LogP contribution >= 0.6 is 11.8 Å². The molecule has 0 aromatic rings. The van der Waals surface area contributed by atoms with E-state index >= 15 is 0 Å². The summed E-state index contributed by atoms with van der Waals surface area (Å²) >= 11 is 0.756. The lowest BCUT2D eigenvalue weighted by Crippen LogP contribution is -2.48. The third kappa shape index (κ3) is 2.00. The van der Waals surface area contributed by atoms with E-state index in [2.05, 4.69) is 9.98 Å². The molecule has 108 valence electrons. The Morgan fingerprint density at radius 3 is 2.85 bits per heavy atom. The standard InChI is InChI=1S/C10H12N4O5S/c11-9-12-6-5(7(17)13-9)20-10(18)14(6)8-4(16)1-3(2-15)19-8/h3-5,8,15-16H,1-2H2,(H2,11,13,17)/t3-,4+,5?,8+/m0/s1. The summed E-state index contributed by atoms with van der Waals surface area (Å²) in [5.41, 5.74) is 5.43. The van der Waals surface area contributed by atoms with Gasteiger partial charge < -0.3 is 20.7 Å². The second-order valence-electron chi connectivity index (χ2n) is 4.55. The first kappa shape index (κ1) is 13.5. The molecule has 4 atom stereocenters. The van der Waals surface area contributed by atoms with Crippen molar-refractivity contribution in [2.24, 2.45) is 15.7 Å². The van der Waals surface area contributed by atoms with E-state index in [1.54, 1.807) is 0 Å². The maximum atomic E-state index is 12.0. The van der Waals surface area contributed by atoms with Crippen LogP contribution < -0.4 is 5.73 Å². The number of fused-ring (bicyclic) bond motifs is 1. The molecule has 3 heterocycles. The number of aliphatic hydroxyl groups is 2. The van der Waals surface area contributed by atoms with Gasteiger partial charge in [-0.3, -0.25) is 14.5 Å². The van der Waals surface area contributed by atoms with Crippen molar-refractivity contribution in [1.29, 1.82) is 0 Å². The fraction of sp³-hybridized carbons (Fsp3) is 0.600. The van der Waals surface area contributed by atoms with E-state index in [0.29, 0.717) is 0 Å². The van der Waals surface area contributed by atoms with E-state index in [1.807, 2.05) is 0 Å². The number of aliphatic hydroxyl groups excluding tert-OH is 2. The smallest absolute Gasteiger partial charge is 0.290 e. The molecular weight excluding hydrogens is 288 g/mol. The lowest BCUT2D eigenvalue weighted by Gasteiger charge is -2.26. The van der Waals surface area contributed by atoms with Crippen molar-refractivity contribution >= 4 is 34.7 Å². The summed E-state index contributed by atoms with van der Waals surface area (Å²) in [6, 6.07) is 0. The minimum atomic E-state index is -0.977. The van der Waals surface area contributed by atoms with Gasteiger partial charge in [-0.15, -0.1) is 0 Å². The van der Waals surface area contributed by atoms with Gasteiger partial charge in [-0.05, 0) is 11.8 Å². The van der Waals surface area contributed by atoms with Gasteiger partial charge in [0.1, 0.15) is 11.9 Å². The van der Waals surface area contributed by atoms with Crippen LogP contribution in [-0.2, 0) is 9.53 Å². The summed E-state index contributed by atoms with van der Waals surface area (Å²) in [5.74, 6) is -0.660. The average molecular weight is 300 g/mol. The van der Waals surface area contributed by atoms with Gasteiger partial charge in [-0.1, -0.05) is 0 Å². The number of carbonyl (C=O) groups excluding carboxylic acids is 2. The minimum absolute atomic E-state index is 0.125. The van der Waals surface area contributed by atoms with Gasteiger partial charge in [0.25, 0.3) is 11.1 Å². The number of amides is 2. The van der Waals surface area contributed by atoms with E-state index in [0.717, 1.165) is 16.7 Å². The number of thioether (sulfide) groups is 1. The number of rotatable bonds is 2. The second-order valence-corrected chi connectivity index (χ2v) is 5.60. The second kappa shape index (κ2) is 4.81. The Labute approximate surface area is 117 Å². The molecule has 20 heavy (non-hydrogen) atoms. The molecule has 4 N–H and O–H groups in total. The highest BCUT2D eigenvalue weighted by atomic mass is 32.2. The topological polar surface area (TPSA) is 138 Å². The van der Waals surface area contributed by atoms with Crippen LogP contribution in [0.25, 0.3) is 0 Å². The highest BCUT2D eigenvalue weighted by Gasteiger charge is 2.51. The van der Waals surface area contributed by atoms with Gasteiger partial charge in [0.15, 0.2) is 11.5 Å². The number of guanidine groups is 1. The first-order chi connectivity index (χ1) is 9.51. The Morgan fingerprint density at radius 2 is 2.20 bits per heavy atom. The molecule has 2 fully saturated rings. The third-order valence-corrected chi connectivity index (χ3v) is 4.24. The first-order valence-electron chi connectivity index (χ1n) is 5.92. The monoisotopic (exact) mass is 300 g/mol. The van der Waals surface area contributed by atoms with Crippen LogP contribution in [0.15, 0.2) is 9.98 Å². The van der Waals surface area contributed by atoms with Gasteiger partial charge in [-0.25, -0.2) is 0 Å². The van der Waals surface area contributed by atoms with Crippen molar-refractivity contribution in [2.45, 2.75) is 30.1 Å². The number of aliphatic imine (C=N–C) groups is 2. The molecule has 0 bridgehead atoms. The maximum Gasteiger partial charge on any atom is 0.290 e. The zero-order valence-corrected chi connectivity index (χ0v) is 11.0. The molecule has 2 amide bonds. The molecule has 0 radical (unpaired) electrons. The number of nitrogens with two attached hydrogens (primary N) is 1. The molecule has 3 rings (SSSR count). The minimum Gasteiger partial charge on any atom is -0.394 e. The number of hydrogen-bond donors (Lipinski definition) is 3. The third-order valence-electron chi connectivity index (χ3n) is 3.20. The largest absolute Gasteiger partial charge is 0.394 e. The number of nitrogens with zero attached hydrogens (tertiary/aromatic N) is 3. The lowest BCUT2D eigenvalue weighted by atomic mass is 10.2.